The Labute approximate surface area is 101 Å². The van der Waals surface area contributed by atoms with Crippen LogP contribution in [0.25, 0.3) is 0 Å². The molecule has 1 aliphatic rings. The van der Waals surface area contributed by atoms with Gasteiger partial charge in [0.05, 0.1) is 6.04 Å². The first kappa shape index (κ1) is 11.9. The highest BCUT2D eigenvalue weighted by Gasteiger charge is 2.24. The van der Waals surface area contributed by atoms with Gasteiger partial charge in [0.15, 0.2) is 0 Å². The molecule has 0 spiro atoms. The van der Waals surface area contributed by atoms with Crippen molar-refractivity contribution < 1.29 is 0 Å². The van der Waals surface area contributed by atoms with Gasteiger partial charge in [-0.15, -0.1) is 10.2 Å². The minimum Gasteiger partial charge on any atom is -0.319 e. The van der Waals surface area contributed by atoms with Crippen molar-refractivity contribution in [3.8, 4) is 0 Å². The van der Waals surface area contributed by atoms with Gasteiger partial charge in [0.2, 0.25) is 0 Å². The van der Waals surface area contributed by atoms with Gasteiger partial charge in [-0.1, -0.05) is 6.92 Å². The van der Waals surface area contributed by atoms with Crippen molar-refractivity contribution in [2.75, 3.05) is 5.75 Å². The molecule has 1 aliphatic heterocycles. The number of aryl methyl sites for hydroxylation is 1. The average molecular weight is 240 g/mol. The molecule has 5 heteroatoms. The summed E-state index contributed by atoms with van der Waals surface area (Å²) in [6.45, 7) is 4.47. The van der Waals surface area contributed by atoms with Crippen LogP contribution in [0.1, 0.15) is 38.6 Å². The van der Waals surface area contributed by atoms with Gasteiger partial charge in [0.25, 0.3) is 0 Å². The second kappa shape index (κ2) is 5.19. The molecule has 4 nitrogen and oxygen atoms in total. The third kappa shape index (κ3) is 2.58. The molecule has 0 aromatic carbocycles. The molecule has 0 bridgehead atoms. The maximum absolute atomic E-state index is 4.15. The molecule has 1 N–H and O–H groups in total. The predicted molar refractivity (Wildman–Crippen MR) is 67.5 cm³/mol. The van der Waals surface area contributed by atoms with E-state index in [4.69, 9.17) is 0 Å². The van der Waals surface area contributed by atoms with E-state index in [1.807, 2.05) is 11.6 Å². The largest absolute Gasteiger partial charge is 0.319 e. The topological polar surface area (TPSA) is 42.7 Å². The van der Waals surface area contributed by atoms with E-state index in [-0.39, 0.29) is 6.04 Å². The maximum Gasteiger partial charge on any atom is 0.149 e. The molecule has 0 saturated carbocycles. The molecule has 1 aromatic heterocycles. The highest BCUT2D eigenvalue weighted by atomic mass is 32.2. The molecular weight excluding hydrogens is 220 g/mol. The van der Waals surface area contributed by atoms with Crippen molar-refractivity contribution in [3.63, 3.8) is 0 Å². The number of nitrogens with one attached hydrogen (secondary N) is 1. The van der Waals surface area contributed by atoms with Crippen LogP contribution in [0.15, 0.2) is 6.33 Å². The van der Waals surface area contributed by atoms with Crippen LogP contribution in [0.2, 0.25) is 0 Å². The summed E-state index contributed by atoms with van der Waals surface area (Å²) in [7, 11) is 1.99. The molecule has 1 aromatic rings. The fraction of sp³-hybridized carbons (Fsp3) is 0.818. The first-order valence-corrected chi connectivity index (χ1v) is 6.95. The van der Waals surface area contributed by atoms with E-state index < -0.39 is 0 Å². The highest BCUT2D eigenvalue weighted by molar-refractivity contribution is 7.99. The summed E-state index contributed by atoms with van der Waals surface area (Å²) in [5.74, 6) is 2.32. The second-order valence-corrected chi connectivity index (χ2v) is 6.00. The number of hydrogen-bond acceptors (Lipinski definition) is 4. The van der Waals surface area contributed by atoms with Gasteiger partial charge in [0, 0.05) is 18.3 Å². The molecule has 0 amide bonds. The molecular formula is C11H20N4S. The fourth-order valence-corrected chi connectivity index (χ4v) is 3.37. The summed E-state index contributed by atoms with van der Waals surface area (Å²) < 4.78 is 1.98. The molecule has 3 unspecified atom stereocenters. The Bertz CT molecular complexity index is 338. The number of nitrogens with zero attached hydrogens (tertiary/aromatic N) is 3. The van der Waals surface area contributed by atoms with Crippen molar-refractivity contribution in [1.29, 1.82) is 0 Å². The smallest absolute Gasteiger partial charge is 0.149 e. The summed E-state index contributed by atoms with van der Waals surface area (Å²) in [6.07, 6.45) is 4.35. The summed E-state index contributed by atoms with van der Waals surface area (Å²) in [5, 5.41) is 12.4. The van der Waals surface area contributed by atoms with Crippen molar-refractivity contribution in [3.05, 3.63) is 12.2 Å². The van der Waals surface area contributed by atoms with E-state index in [9.17, 15) is 0 Å². The lowest BCUT2D eigenvalue weighted by Crippen LogP contribution is -2.41. The third-order valence-corrected chi connectivity index (χ3v) is 4.58. The third-order valence-electron chi connectivity index (χ3n) is 3.20. The van der Waals surface area contributed by atoms with Crippen molar-refractivity contribution >= 4 is 11.8 Å². The number of thioether (sulfide) groups is 1. The van der Waals surface area contributed by atoms with E-state index >= 15 is 0 Å². The Kier molecular flexibility index (Phi) is 3.86. The van der Waals surface area contributed by atoms with Gasteiger partial charge in [-0.2, -0.15) is 11.8 Å². The normalized spacial score (nSPS) is 27.9. The number of rotatable bonds is 3. The van der Waals surface area contributed by atoms with Gasteiger partial charge >= 0.3 is 0 Å². The molecule has 90 valence electrons. The van der Waals surface area contributed by atoms with Crippen molar-refractivity contribution in [2.45, 2.75) is 44.0 Å². The Morgan fingerprint density at radius 3 is 3.06 bits per heavy atom. The van der Waals surface area contributed by atoms with Crippen LogP contribution in [0, 0.1) is 0 Å². The van der Waals surface area contributed by atoms with Gasteiger partial charge in [-0.05, 0) is 25.5 Å². The van der Waals surface area contributed by atoms with E-state index in [0.29, 0.717) is 11.3 Å². The molecule has 0 aliphatic carbocycles. The van der Waals surface area contributed by atoms with Gasteiger partial charge in [-0.3, -0.25) is 0 Å². The molecule has 2 heterocycles. The Hall–Kier alpha value is -0.550. The first-order valence-electron chi connectivity index (χ1n) is 5.90. The average Bonchev–Trinajstić information content (AvgIpc) is 2.68. The van der Waals surface area contributed by atoms with E-state index in [1.165, 1.54) is 18.6 Å². The zero-order chi connectivity index (χ0) is 11.5. The van der Waals surface area contributed by atoms with Crippen LogP contribution in [-0.2, 0) is 7.05 Å². The summed E-state index contributed by atoms with van der Waals surface area (Å²) in [4.78, 5) is 0. The lowest BCUT2D eigenvalue weighted by Gasteiger charge is -2.31. The van der Waals surface area contributed by atoms with Crippen molar-refractivity contribution in [2.24, 2.45) is 7.05 Å². The zero-order valence-electron chi connectivity index (χ0n) is 10.2. The van der Waals surface area contributed by atoms with Crippen LogP contribution in [0.5, 0.6) is 0 Å². The van der Waals surface area contributed by atoms with Crippen LogP contribution in [-0.4, -0.2) is 31.8 Å². The highest BCUT2D eigenvalue weighted by Crippen LogP contribution is 2.26. The lowest BCUT2D eigenvalue weighted by atomic mass is 10.1. The monoisotopic (exact) mass is 240 g/mol. The molecule has 16 heavy (non-hydrogen) atoms. The van der Waals surface area contributed by atoms with E-state index in [2.05, 4.69) is 41.1 Å². The summed E-state index contributed by atoms with van der Waals surface area (Å²) >= 11 is 2.06. The van der Waals surface area contributed by atoms with Gasteiger partial charge in [0.1, 0.15) is 12.2 Å². The Balaban J connectivity index is 1.96. The quantitative estimate of drug-likeness (QED) is 0.874. The molecule has 1 fully saturated rings. The number of hydrogen-bond donors (Lipinski definition) is 1. The van der Waals surface area contributed by atoms with Crippen LogP contribution in [0.3, 0.4) is 0 Å². The van der Waals surface area contributed by atoms with Gasteiger partial charge < -0.3 is 9.88 Å². The van der Waals surface area contributed by atoms with Crippen molar-refractivity contribution in [1.82, 2.24) is 20.1 Å². The molecule has 1 saturated heterocycles. The first-order chi connectivity index (χ1) is 7.68. The molecule has 3 atom stereocenters. The standard InChI is InChI=1S/C11H20N4S/c1-8(11-14-12-7-15(11)3)13-10-5-4-6-16-9(10)2/h7-10,13H,4-6H2,1-3H3. The lowest BCUT2D eigenvalue weighted by molar-refractivity contribution is 0.402. The summed E-state index contributed by atoms with van der Waals surface area (Å²) in [6, 6.07) is 0.879. The number of aromatic nitrogens is 3. The van der Waals surface area contributed by atoms with Gasteiger partial charge in [-0.25, -0.2) is 0 Å². The van der Waals surface area contributed by atoms with E-state index in [0.717, 1.165) is 5.82 Å². The molecule has 0 radical (unpaired) electrons. The minimum absolute atomic E-state index is 0.277. The summed E-state index contributed by atoms with van der Waals surface area (Å²) in [5.41, 5.74) is 0. The minimum atomic E-state index is 0.277. The Morgan fingerprint density at radius 1 is 1.62 bits per heavy atom. The fourth-order valence-electron chi connectivity index (χ4n) is 2.22. The molecule has 2 rings (SSSR count). The second-order valence-electron chi connectivity index (χ2n) is 4.51. The van der Waals surface area contributed by atoms with Crippen LogP contribution < -0.4 is 5.32 Å². The van der Waals surface area contributed by atoms with Crippen LogP contribution in [0.4, 0.5) is 0 Å². The zero-order valence-corrected chi connectivity index (χ0v) is 11.0. The Morgan fingerprint density at radius 2 is 2.44 bits per heavy atom. The van der Waals surface area contributed by atoms with E-state index in [1.54, 1.807) is 6.33 Å². The SMILES string of the molecule is CC(NC1CCCSC1C)c1nncn1C. The maximum atomic E-state index is 4.15. The predicted octanol–water partition coefficient (Wildman–Crippen LogP) is 1.75. The van der Waals surface area contributed by atoms with Crippen LogP contribution >= 0.6 is 11.8 Å².